The topological polar surface area (TPSA) is 52.7 Å². The molecule has 6 heteroatoms. The van der Waals surface area contributed by atoms with Crippen molar-refractivity contribution in [3.63, 3.8) is 0 Å². The largest absolute Gasteiger partial charge is 0.339 e. The first-order valence-electron chi connectivity index (χ1n) is 10.5. The number of nitrogens with zero attached hydrogens (tertiary/aromatic N) is 2. The number of hydrogen-bond donors (Lipinski definition) is 1. The maximum Gasteiger partial charge on any atom is 0.254 e. The molecular formula is C22H36ClN3O2. The van der Waals surface area contributed by atoms with Crippen molar-refractivity contribution in [2.75, 3.05) is 32.7 Å². The number of benzene rings is 1. The molecule has 1 aliphatic heterocycles. The van der Waals surface area contributed by atoms with E-state index in [2.05, 4.69) is 26.1 Å². The van der Waals surface area contributed by atoms with Gasteiger partial charge in [-0.15, -0.1) is 12.4 Å². The Hall–Kier alpha value is -1.59. The molecule has 1 heterocycles. The Labute approximate surface area is 176 Å². The van der Waals surface area contributed by atoms with Gasteiger partial charge in [0.05, 0.1) is 0 Å². The summed E-state index contributed by atoms with van der Waals surface area (Å²) in [5, 5.41) is 3.36. The van der Waals surface area contributed by atoms with E-state index in [-0.39, 0.29) is 30.3 Å². The summed E-state index contributed by atoms with van der Waals surface area (Å²) in [6.07, 6.45) is 4.79. The molecule has 0 aliphatic carbocycles. The highest BCUT2D eigenvalue weighted by Crippen LogP contribution is 2.18. The lowest BCUT2D eigenvalue weighted by atomic mass is 10.0. The molecule has 1 fully saturated rings. The molecule has 2 rings (SSSR count). The minimum atomic E-state index is 0. The van der Waals surface area contributed by atoms with Gasteiger partial charge in [-0.05, 0) is 63.4 Å². The summed E-state index contributed by atoms with van der Waals surface area (Å²) in [6.45, 7) is 10.5. The van der Waals surface area contributed by atoms with Crippen molar-refractivity contribution in [3.8, 4) is 0 Å². The predicted molar refractivity (Wildman–Crippen MR) is 117 cm³/mol. The highest BCUT2D eigenvalue weighted by Gasteiger charge is 2.26. The molecule has 1 aliphatic rings. The van der Waals surface area contributed by atoms with Gasteiger partial charge in [-0.25, -0.2) is 0 Å². The molecule has 1 aromatic rings. The van der Waals surface area contributed by atoms with E-state index in [1.54, 1.807) is 6.07 Å². The molecule has 1 aromatic carbocycles. The van der Waals surface area contributed by atoms with Gasteiger partial charge in [0.25, 0.3) is 11.8 Å². The first-order chi connectivity index (χ1) is 13.1. The minimum Gasteiger partial charge on any atom is -0.339 e. The van der Waals surface area contributed by atoms with Crippen LogP contribution in [0, 0.1) is 0 Å². The third-order valence-corrected chi connectivity index (χ3v) is 5.11. The first kappa shape index (κ1) is 24.4. The molecule has 0 aromatic heterocycles. The number of piperidine rings is 1. The maximum atomic E-state index is 13.2. The van der Waals surface area contributed by atoms with Gasteiger partial charge in [0.1, 0.15) is 0 Å². The SMILES string of the molecule is CCCN(CCC)C(=O)c1cccc(C(=O)N(CCC)C2CCNCC2)c1.Cl. The van der Waals surface area contributed by atoms with E-state index in [1.807, 2.05) is 28.0 Å². The highest BCUT2D eigenvalue weighted by molar-refractivity contribution is 5.99. The quantitative estimate of drug-likeness (QED) is 0.671. The van der Waals surface area contributed by atoms with E-state index < -0.39 is 0 Å². The summed E-state index contributed by atoms with van der Waals surface area (Å²) in [5.41, 5.74) is 1.24. The smallest absolute Gasteiger partial charge is 0.254 e. The van der Waals surface area contributed by atoms with Gasteiger partial charge in [-0.1, -0.05) is 26.8 Å². The third-order valence-electron chi connectivity index (χ3n) is 5.11. The van der Waals surface area contributed by atoms with E-state index in [1.165, 1.54) is 0 Å². The Morgan fingerprint density at radius 3 is 2.00 bits per heavy atom. The van der Waals surface area contributed by atoms with Crippen LogP contribution in [0.15, 0.2) is 24.3 Å². The molecule has 1 saturated heterocycles. The Kier molecular flexibility index (Phi) is 11.2. The van der Waals surface area contributed by atoms with Crippen LogP contribution in [0.1, 0.15) is 73.6 Å². The van der Waals surface area contributed by atoms with Crippen molar-refractivity contribution >= 4 is 24.2 Å². The summed E-state index contributed by atoms with van der Waals surface area (Å²) in [7, 11) is 0. The molecule has 0 saturated carbocycles. The monoisotopic (exact) mass is 409 g/mol. The van der Waals surface area contributed by atoms with Gasteiger partial charge in [-0.3, -0.25) is 9.59 Å². The average molecular weight is 410 g/mol. The zero-order valence-electron chi connectivity index (χ0n) is 17.6. The summed E-state index contributed by atoms with van der Waals surface area (Å²) >= 11 is 0. The van der Waals surface area contributed by atoms with Crippen molar-refractivity contribution in [2.45, 2.75) is 58.9 Å². The van der Waals surface area contributed by atoms with Gasteiger partial charge in [0.15, 0.2) is 0 Å². The fourth-order valence-electron chi connectivity index (χ4n) is 3.80. The van der Waals surface area contributed by atoms with Gasteiger partial charge in [0.2, 0.25) is 0 Å². The highest BCUT2D eigenvalue weighted by atomic mass is 35.5. The number of carbonyl (C=O) groups excluding carboxylic acids is 2. The number of hydrogen-bond acceptors (Lipinski definition) is 3. The average Bonchev–Trinajstić information content (AvgIpc) is 2.71. The van der Waals surface area contributed by atoms with Crippen LogP contribution in [-0.2, 0) is 0 Å². The molecule has 1 N–H and O–H groups in total. The molecule has 28 heavy (non-hydrogen) atoms. The van der Waals surface area contributed by atoms with Crippen LogP contribution < -0.4 is 5.32 Å². The maximum absolute atomic E-state index is 13.2. The van der Waals surface area contributed by atoms with Crippen LogP contribution in [0.5, 0.6) is 0 Å². The molecule has 158 valence electrons. The molecule has 5 nitrogen and oxygen atoms in total. The van der Waals surface area contributed by atoms with Crippen LogP contribution in [0.4, 0.5) is 0 Å². The Balaban J connectivity index is 0.00000392. The number of rotatable bonds is 9. The van der Waals surface area contributed by atoms with Crippen LogP contribution in [0.3, 0.4) is 0 Å². The van der Waals surface area contributed by atoms with Gasteiger partial charge < -0.3 is 15.1 Å². The number of amides is 2. The molecule has 0 atom stereocenters. The Bertz CT molecular complexity index is 612. The van der Waals surface area contributed by atoms with Crippen molar-refractivity contribution in [1.82, 2.24) is 15.1 Å². The lowest BCUT2D eigenvalue weighted by Crippen LogP contribution is -2.46. The Morgan fingerprint density at radius 1 is 0.929 bits per heavy atom. The fraction of sp³-hybridized carbons (Fsp3) is 0.636. The molecule has 0 radical (unpaired) electrons. The molecule has 0 unspecified atom stereocenters. The van der Waals surface area contributed by atoms with Crippen LogP contribution in [0.2, 0.25) is 0 Å². The van der Waals surface area contributed by atoms with E-state index in [4.69, 9.17) is 0 Å². The zero-order valence-corrected chi connectivity index (χ0v) is 18.4. The van der Waals surface area contributed by atoms with E-state index in [9.17, 15) is 9.59 Å². The lowest BCUT2D eigenvalue weighted by molar-refractivity contribution is 0.0642. The molecule has 0 spiro atoms. The van der Waals surface area contributed by atoms with Crippen molar-refractivity contribution in [1.29, 1.82) is 0 Å². The normalized spacial score (nSPS) is 14.2. The van der Waals surface area contributed by atoms with E-state index in [0.29, 0.717) is 11.1 Å². The molecule has 0 bridgehead atoms. The van der Waals surface area contributed by atoms with Gasteiger partial charge >= 0.3 is 0 Å². The predicted octanol–water partition coefficient (Wildman–Crippen LogP) is 3.97. The summed E-state index contributed by atoms with van der Waals surface area (Å²) in [6, 6.07) is 7.57. The summed E-state index contributed by atoms with van der Waals surface area (Å²) in [4.78, 5) is 30.0. The number of carbonyl (C=O) groups is 2. The lowest BCUT2D eigenvalue weighted by Gasteiger charge is -2.34. The standard InChI is InChI=1S/C22H35N3O2.ClH/c1-4-14-24(15-5-2)21(26)18-8-7-9-19(17-18)22(27)25(16-6-3)20-10-12-23-13-11-20;/h7-9,17,20,23H,4-6,10-16H2,1-3H3;1H. The van der Waals surface area contributed by atoms with Gasteiger partial charge in [0, 0.05) is 36.8 Å². The van der Waals surface area contributed by atoms with E-state index in [0.717, 1.165) is 64.8 Å². The van der Waals surface area contributed by atoms with E-state index >= 15 is 0 Å². The summed E-state index contributed by atoms with van der Waals surface area (Å²) < 4.78 is 0. The van der Waals surface area contributed by atoms with Crippen LogP contribution in [0.25, 0.3) is 0 Å². The number of nitrogens with one attached hydrogen (secondary N) is 1. The zero-order chi connectivity index (χ0) is 19.6. The van der Waals surface area contributed by atoms with Crippen LogP contribution in [-0.4, -0.2) is 60.4 Å². The summed E-state index contributed by atoms with van der Waals surface area (Å²) in [5.74, 6) is 0.0770. The number of halogens is 1. The fourth-order valence-corrected chi connectivity index (χ4v) is 3.80. The van der Waals surface area contributed by atoms with Crippen molar-refractivity contribution < 1.29 is 9.59 Å². The second-order valence-corrected chi connectivity index (χ2v) is 7.35. The van der Waals surface area contributed by atoms with Gasteiger partial charge in [-0.2, -0.15) is 0 Å². The molecule has 2 amide bonds. The second-order valence-electron chi connectivity index (χ2n) is 7.35. The second kappa shape index (κ2) is 12.8. The van der Waals surface area contributed by atoms with Crippen LogP contribution >= 0.6 is 12.4 Å². The minimum absolute atomic E-state index is 0. The Morgan fingerprint density at radius 2 is 1.46 bits per heavy atom. The third kappa shape index (κ3) is 6.49. The first-order valence-corrected chi connectivity index (χ1v) is 10.5. The molecular weight excluding hydrogens is 374 g/mol. The van der Waals surface area contributed by atoms with Crippen molar-refractivity contribution in [2.24, 2.45) is 0 Å². The van der Waals surface area contributed by atoms with Crippen molar-refractivity contribution in [3.05, 3.63) is 35.4 Å².